The first-order valence-corrected chi connectivity index (χ1v) is 5.47. The maximum absolute atomic E-state index is 13.5. The zero-order valence-corrected chi connectivity index (χ0v) is 10.0. The highest BCUT2D eigenvalue weighted by Crippen LogP contribution is 2.17. The molecular weight excluding hydrogens is 247 g/mol. The van der Waals surface area contributed by atoms with Gasteiger partial charge in [-0.2, -0.15) is 0 Å². The molecule has 17 heavy (non-hydrogen) atoms. The van der Waals surface area contributed by atoms with Crippen molar-refractivity contribution in [1.82, 2.24) is 5.32 Å². The summed E-state index contributed by atoms with van der Waals surface area (Å²) in [5.41, 5.74) is 5.38. The summed E-state index contributed by atoms with van der Waals surface area (Å²) < 4.78 is 13.5. The summed E-state index contributed by atoms with van der Waals surface area (Å²) in [6.45, 7) is 1.57. The third kappa shape index (κ3) is 3.66. The number of benzene rings is 1. The molecule has 0 saturated heterocycles. The zero-order valence-electron chi connectivity index (χ0n) is 9.28. The molecule has 1 aromatic rings. The highest BCUT2D eigenvalue weighted by Gasteiger charge is 2.16. The van der Waals surface area contributed by atoms with E-state index in [4.69, 9.17) is 22.4 Å². The first-order chi connectivity index (χ1) is 7.93. The highest BCUT2D eigenvalue weighted by molar-refractivity contribution is 6.31. The third-order valence-electron chi connectivity index (χ3n) is 2.31. The predicted molar refractivity (Wildman–Crippen MR) is 63.4 cm³/mol. The Hall–Kier alpha value is -1.17. The molecule has 2 unspecified atom stereocenters. The molecule has 1 amide bonds. The first-order valence-electron chi connectivity index (χ1n) is 5.09. The SMILES string of the molecule is CC(O)C(N)CNC(=O)c1cccc(Cl)c1F. The van der Waals surface area contributed by atoms with Crippen molar-refractivity contribution in [2.24, 2.45) is 5.73 Å². The van der Waals surface area contributed by atoms with Crippen LogP contribution in [0.4, 0.5) is 4.39 Å². The van der Waals surface area contributed by atoms with Crippen LogP contribution in [0.25, 0.3) is 0 Å². The molecule has 0 saturated carbocycles. The zero-order chi connectivity index (χ0) is 13.0. The summed E-state index contributed by atoms with van der Waals surface area (Å²) in [5.74, 6) is -1.38. The number of amides is 1. The highest BCUT2D eigenvalue weighted by atomic mass is 35.5. The van der Waals surface area contributed by atoms with E-state index in [-0.39, 0.29) is 17.1 Å². The van der Waals surface area contributed by atoms with Crippen LogP contribution in [-0.4, -0.2) is 29.7 Å². The van der Waals surface area contributed by atoms with Gasteiger partial charge in [-0.3, -0.25) is 4.79 Å². The van der Waals surface area contributed by atoms with Gasteiger partial charge in [0.1, 0.15) is 0 Å². The van der Waals surface area contributed by atoms with Crippen molar-refractivity contribution in [3.8, 4) is 0 Å². The summed E-state index contributed by atoms with van der Waals surface area (Å²) >= 11 is 5.55. The monoisotopic (exact) mass is 260 g/mol. The molecule has 4 N–H and O–H groups in total. The average molecular weight is 261 g/mol. The van der Waals surface area contributed by atoms with E-state index in [0.29, 0.717) is 0 Å². The van der Waals surface area contributed by atoms with Crippen molar-refractivity contribution in [1.29, 1.82) is 0 Å². The lowest BCUT2D eigenvalue weighted by Gasteiger charge is -2.15. The number of halogens is 2. The standard InChI is InChI=1S/C11H14ClFN2O2/c1-6(16)9(14)5-15-11(17)7-3-2-4-8(12)10(7)13/h2-4,6,9,16H,5,14H2,1H3,(H,15,17). The van der Waals surface area contributed by atoms with Crippen molar-refractivity contribution in [2.45, 2.75) is 19.1 Å². The minimum atomic E-state index is -0.766. The minimum Gasteiger partial charge on any atom is -0.392 e. The van der Waals surface area contributed by atoms with Crippen molar-refractivity contribution < 1.29 is 14.3 Å². The molecule has 0 radical (unpaired) electrons. The lowest BCUT2D eigenvalue weighted by atomic mass is 10.1. The molecule has 0 heterocycles. The van der Waals surface area contributed by atoms with E-state index in [0.717, 1.165) is 0 Å². The van der Waals surface area contributed by atoms with Gasteiger partial charge in [-0.1, -0.05) is 17.7 Å². The van der Waals surface area contributed by atoms with Gasteiger partial charge in [-0.05, 0) is 19.1 Å². The van der Waals surface area contributed by atoms with Gasteiger partial charge in [-0.25, -0.2) is 4.39 Å². The molecule has 2 atom stereocenters. The van der Waals surface area contributed by atoms with Crippen molar-refractivity contribution in [3.05, 3.63) is 34.6 Å². The second kappa shape index (κ2) is 5.95. The number of aliphatic hydroxyl groups is 1. The van der Waals surface area contributed by atoms with Gasteiger partial charge in [0.25, 0.3) is 5.91 Å². The molecule has 0 fully saturated rings. The second-order valence-corrected chi connectivity index (χ2v) is 4.12. The summed E-state index contributed by atoms with van der Waals surface area (Å²) in [7, 11) is 0. The van der Waals surface area contributed by atoms with Crippen LogP contribution in [0.1, 0.15) is 17.3 Å². The van der Waals surface area contributed by atoms with E-state index in [9.17, 15) is 9.18 Å². The van der Waals surface area contributed by atoms with Crippen molar-refractivity contribution >= 4 is 17.5 Å². The van der Waals surface area contributed by atoms with Gasteiger partial charge in [-0.15, -0.1) is 0 Å². The van der Waals surface area contributed by atoms with Crippen LogP contribution in [0.5, 0.6) is 0 Å². The van der Waals surface area contributed by atoms with Crippen LogP contribution in [-0.2, 0) is 0 Å². The number of nitrogens with one attached hydrogen (secondary N) is 1. The molecule has 0 spiro atoms. The Kier molecular flexibility index (Phi) is 4.86. The van der Waals surface area contributed by atoms with E-state index in [1.54, 1.807) is 0 Å². The Bertz CT molecular complexity index is 412. The largest absolute Gasteiger partial charge is 0.392 e. The number of nitrogens with two attached hydrogens (primary N) is 1. The van der Waals surface area contributed by atoms with E-state index in [2.05, 4.69) is 5.32 Å². The summed E-state index contributed by atoms with van der Waals surface area (Å²) in [5, 5.41) is 11.4. The van der Waals surface area contributed by atoms with Crippen LogP contribution in [0, 0.1) is 5.82 Å². The Balaban J connectivity index is 2.68. The molecule has 1 rings (SSSR count). The predicted octanol–water partition coefficient (Wildman–Crippen LogP) is 0.917. The molecule has 0 aliphatic rings. The van der Waals surface area contributed by atoms with Gasteiger partial charge in [0.05, 0.1) is 16.7 Å². The Morgan fingerprint density at radius 2 is 2.29 bits per heavy atom. The van der Waals surface area contributed by atoms with Gasteiger partial charge < -0.3 is 16.2 Å². The van der Waals surface area contributed by atoms with Crippen LogP contribution in [0.2, 0.25) is 5.02 Å². The Morgan fingerprint density at radius 3 is 2.88 bits per heavy atom. The topological polar surface area (TPSA) is 75.3 Å². The van der Waals surface area contributed by atoms with Crippen molar-refractivity contribution in [2.75, 3.05) is 6.54 Å². The molecule has 4 nitrogen and oxygen atoms in total. The summed E-state index contributed by atoms with van der Waals surface area (Å²) in [4.78, 5) is 11.6. The van der Waals surface area contributed by atoms with Gasteiger partial charge in [0.15, 0.2) is 5.82 Å². The summed E-state index contributed by atoms with van der Waals surface area (Å²) in [6.07, 6.45) is -0.750. The Morgan fingerprint density at radius 1 is 1.65 bits per heavy atom. The minimum absolute atomic E-state index is 0.0580. The normalized spacial score (nSPS) is 14.2. The van der Waals surface area contributed by atoms with Crippen LogP contribution >= 0.6 is 11.6 Å². The number of aliphatic hydroxyl groups excluding tert-OH is 1. The number of carbonyl (C=O) groups excluding carboxylic acids is 1. The van der Waals surface area contributed by atoms with E-state index >= 15 is 0 Å². The molecule has 6 heteroatoms. The number of rotatable bonds is 4. The first kappa shape index (κ1) is 13.9. The fraction of sp³-hybridized carbons (Fsp3) is 0.364. The lowest BCUT2D eigenvalue weighted by molar-refractivity contribution is 0.0933. The second-order valence-electron chi connectivity index (χ2n) is 3.72. The van der Waals surface area contributed by atoms with E-state index < -0.39 is 23.9 Å². The maximum Gasteiger partial charge on any atom is 0.254 e. The van der Waals surface area contributed by atoms with Gasteiger partial charge in [0.2, 0.25) is 0 Å². The molecule has 0 bridgehead atoms. The van der Waals surface area contributed by atoms with Gasteiger partial charge >= 0.3 is 0 Å². The van der Waals surface area contributed by atoms with E-state index in [1.807, 2.05) is 0 Å². The quantitative estimate of drug-likeness (QED) is 0.753. The third-order valence-corrected chi connectivity index (χ3v) is 2.61. The van der Waals surface area contributed by atoms with Crippen molar-refractivity contribution in [3.63, 3.8) is 0 Å². The average Bonchev–Trinajstić information content (AvgIpc) is 2.29. The summed E-state index contributed by atoms with van der Waals surface area (Å²) in [6, 6.07) is 3.57. The molecule has 0 aliphatic carbocycles. The van der Waals surface area contributed by atoms with Crippen LogP contribution in [0.15, 0.2) is 18.2 Å². The molecular formula is C11H14ClFN2O2. The smallest absolute Gasteiger partial charge is 0.254 e. The number of carbonyl (C=O) groups is 1. The molecule has 1 aromatic carbocycles. The van der Waals surface area contributed by atoms with Crippen LogP contribution in [0.3, 0.4) is 0 Å². The molecule has 0 aromatic heterocycles. The number of hydrogen-bond donors (Lipinski definition) is 3. The lowest BCUT2D eigenvalue weighted by Crippen LogP contribution is -2.43. The molecule has 0 aliphatic heterocycles. The fourth-order valence-corrected chi connectivity index (χ4v) is 1.33. The number of hydrogen-bond acceptors (Lipinski definition) is 3. The molecule has 94 valence electrons. The fourth-order valence-electron chi connectivity index (χ4n) is 1.16. The van der Waals surface area contributed by atoms with E-state index in [1.165, 1.54) is 25.1 Å². The van der Waals surface area contributed by atoms with Crippen LogP contribution < -0.4 is 11.1 Å². The Labute approximate surface area is 104 Å². The maximum atomic E-state index is 13.5. The van der Waals surface area contributed by atoms with Gasteiger partial charge in [0, 0.05) is 12.6 Å².